The fraction of sp³-hybridized carbons (Fsp3) is 0.756. The number of esters is 2. The molecule has 0 aliphatic rings. The fourth-order valence-electron chi connectivity index (χ4n) is 10.9. The van der Waals surface area contributed by atoms with Crippen LogP contribution < -0.4 is 0 Å². The molecule has 0 spiro atoms. The van der Waals surface area contributed by atoms with Gasteiger partial charge in [0.2, 0.25) is 0 Å². The number of hydrogen-bond donors (Lipinski definition) is 1. The molecule has 0 heterocycles. The topological polar surface area (TPSA) is 108 Å². The van der Waals surface area contributed by atoms with E-state index in [1.807, 2.05) is 21.1 Å². The molecule has 0 saturated carbocycles. The molecule has 532 valence electrons. The van der Waals surface area contributed by atoms with Crippen LogP contribution in [0.15, 0.2) is 109 Å². The minimum Gasteiger partial charge on any atom is -0.462 e. The molecule has 0 aliphatic carbocycles. The van der Waals surface area contributed by atoms with Gasteiger partial charge in [0.15, 0.2) is 6.10 Å². The van der Waals surface area contributed by atoms with Gasteiger partial charge < -0.3 is 18.9 Å². The highest BCUT2D eigenvalue weighted by molar-refractivity contribution is 7.47. The lowest BCUT2D eigenvalue weighted by Crippen LogP contribution is -2.37. The van der Waals surface area contributed by atoms with Crippen molar-refractivity contribution >= 4 is 19.8 Å². The summed E-state index contributed by atoms with van der Waals surface area (Å²) >= 11 is 0. The Labute approximate surface area is 569 Å². The van der Waals surface area contributed by atoms with Crippen molar-refractivity contribution < 1.29 is 42.1 Å². The van der Waals surface area contributed by atoms with Gasteiger partial charge >= 0.3 is 19.8 Å². The average molecular weight is 1310 g/mol. The number of ether oxygens (including phenoxy) is 2. The fourth-order valence-corrected chi connectivity index (χ4v) is 11.7. The van der Waals surface area contributed by atoms with E-state index in [-0.39, 0.29) is 32.0 Å². The third-order valence-corrected chi connectivity index (χ3v) is 17.8. The van der Waals surface area contributed by atoms with Crippen LogP contribution in [0.1, 0.15) is 348 Å². The highest BCUT2D eigenvalue weighted by Gasteiger charge is 2.27. The monoisotopic (exact) mass is 1310 g/mol. The third-order valence-electron chi connectivity index (χ3n) is 16.8. The van der Waals surface area contributed by atoms with Crippen LogP contribution in [0, 0.1) is 0 Å². The molecule has 2 unspecified atom stereocenters. The Bertz CT molecular complexity index is 1920. The second-order valence-electron chi connectivity index (χ2n) is 27.0. The number of allylic oxidation sites excluding steroid dienone is 18. The number of hydrogen-bond acceptors (Lipinski definition) is 7. The van der Waals surface area contributed by atoms with Crippen molar-refractivity contribution in [2.75, 3.05) is 47.5 Å². The van der Waals surface area contributed by atoms with Crippen molar-refractivity contribution in [2.24, 2.45) is 0 Å². The number of rotatable bonds is 71. The van der Waals surface area contributed by atoms with Gasteiger partial charge in [-0.2, -0.15) is 0 Å². The predicted molar refractivity (Wildman–Crippen MR) is 399 cm³/mol. The van der Waals surface area contributed by atoms with Gasteiger partial charge in [0.05, 0.1) is 27.7 Å². The summed E-state index contributed by atoms with van der Waals surface area (Å²) in [6.45, 7) is 4.36. The van der Waals surface area contributed by atoms with Gasteiger partial charge in [-0.3, -0.25) is 18.6 Å². The van der Waals surface area contributed by atoms with Crippen LogP contribution in [0.2, 0.25) is 0 Å². The molecule has 0 amide bonds. The van der Waals surface area contributed by atoms with Crippen LogP contribution in [0.5, 0.6) is 0 Å². The molecule has 0 aliphatic heterocycles. The van der Waals surface area contributed by atoms with Crippen molar-refractivity contribution in [3.8, 4) is 0 Å². The molecule has 0 bridgehead atoms. The van der Waals surface area contributed by atoms with Crippen LogP contribution in [-0.2, 0) is 32.7 Å². The number of carbonyl (C=O) groups is 2. The van der Waals surface area contributed by atoms with E-state index in [1.165, 1.54) is 225 Å². The summed E-state index contributed by atoms with van der Waals surface area (Å²) in [6, 6.07) is 0. The summed E-state index contributed by atoms with van der Waals surface area (Å²) in [4.78, 5) is 36.0. The van der Waals surface area contributed by atoms with Gasteiger partial charge in [0.25, 0.3) is 0 Å². The molecule has 0 aromatic carbocycles. The number of unbranched alkanes of at least 4 members (excludes halogenated alkanes) is 39. The number of phosphoric ester groups is 1. The first kappa shape index (κ1) is 88.7. The summed E-state index contributed by atoms with van der Waals surface area (Å²) in [5.74, 6) is -0.789. The van der Waals surface area contributed by atoms with E-state index < -0.39 is 26.5 Å². The molecule has 10 heteroatoms. The minimum atomic E-state index is -4.40. The zero-order valence-electron chi connectivity index (χ0n) is 60.8. The van der Waals surface area contributed by atoms with E-state index in [0.717, 1.165) is 89.9 Å². The molecule has 0 fully saturated rings. The highest BCUT2D eigenvalue weighted by atomic mass is 31.2. The van der Waals surface area contributed by atoms with Crippen molar-refractivity contribution in [3.05, 3.63) is 109 Å². The second kappa shape index (κ2) is 72.0. The van der Waals surface area contributed by atoms with E-state index in [0.29, 0.717) is 17.4 Å². The molecule has 0 rings (SSSR count). The zero-order chi connectivity index (χ0) is 66.9. The van der Waals surface area contributed by atoms with Crippen LogP contribution >= 0.6 is 7.82 Å². The maximum Gasteiger partial charge on any atom is 0.472 e. The Morgan fingerprint density at radius 3 is 0.935 bits per heavy atom. The molecular formula is C82H147NO8P+. The van der Waals surface area contributed by atoms with Gasteiger partial charge in [-0.05, 0) is 103 Å². The lowest BCUT2D eigenvalue weighted by molar-refractivity contribution is -0.870. The normalized spacial score (nSPS) is 13.7. The van der Waals surface area contributed by atoms with Crippen molar-refractivity contribution in [1.82, 2.24) is 0 Å². The first-order chi connectivity index (χ1) is 45.0. The van der Waals surface area contributed by atoms with Gasteiger partial charge in [-0.25, -0.2) is 4.57 Å². The molecule has 0 saturated heterocycles. The Kier molecular flexibility index (Phi) is 69.3. The summed E-state index contributed by atoms with van der Waals surface area (Å²) in [7, 11) is 1.48. The minimum absolute atomic E-state index is 0.0290. The van der Waals surface area contributed by atoms with E-state index in [2.05, 4.69) is 123 Å². The smallest absolute Gasteiger partial charge is 0.462 e. The van der Waals surface area contributed by atoms with Crippen molar-refractivity contribution in [2.45, 2.75) is 354 Å². The number of phosphoric acid groups is 1. The quantitative estimate of drug-likeness (QED) is 0.0211. The number of carbonyl (C=O) groups excluding carboxylic acids is 2. The van der Waals surface area contributed by atoms with E-state index in [9.17, 15) is 19.0 Å². The average Bonchev–Trinajstić information content (AvgIpc) is 2.34. The first-order valence-corrected chi connectivity index (χ1v) is 40.1. The second-order valence-corrected chi connectivity index (χ2v) is 28.5. The van der Waals surface area contributed by atoms with Gasteiger partial charge in [0, 0.05) is 12.8 Å². The van der Waals surface area contributed by atoms with Gasteiger partial charge in [-0.1, -0.05) is 342 Å². The number of quaternary nitrogens is 1. The van der Waals surface area contributed by atoms with Crippen molar-refractivity contribution in [1.29, 1.82) is 0 Å². The van der Waals surface area contributed by atoms with Crippen LogP contribution in [0.3, 0.4) is 0 Å². The SMILES string of the molecule is CC/C=C\C/C=C\C/C=C\C/C=C\C/C=C\C/C=C\C/C=C\C/C=C\CCCCCCCCCCCCCCC(=O)OC(COC(=O)CCCCCCCCCCCCCCCCCCCCC/C=C\CCCCCCCCCC)COP(=O)(O)OCC[N+](C)(C)C. The van der Waals surface area contributed by atoms with E-state index in [1.54, 1.807) is 0 Å². The molecule has 9 nitrogen and oxygen atoms in total. The molecule has 92 heavy (non-hydrogen) atoms. The number of likely N-dealkylation sites (N-methyl/N-ethyl adjacent to an activating group) is 1. The van der Waals surface area contributed by atoms with Gasteiger partial charge in [0.1, 0.15) is 19.8 Å². The van der Waals surface area contributed by atoms with Crippen molar-refractivity contribution in [3.63, 3.8) is 0 Å². The summed E-state index contributed by atoms with van der Waals surface area (Å²) in [6.07, 6.45) is 102. The zero-order valence-corrected chi connectivity index (χ0v) is 61.7. The Morgan fingerprint density at radius 2 is 0.620 bits per heavy atom. The molecule has 0 aromatic heterocycles. The highest BCUT2D eigenvalue weighted by Crippen LogP contribution is 2.43. The van der Waals surface area contributed by atoms with Crippen LogP contribution in [0.25, 0.3) is 0 Å². The summed E-state index contributed by atoms with van der Waals surface area (Å²) < 4.78 is 34.8. The Balaban J connectivity index is 4.01. The lowest BCUT2D eigenvalue weighted by atomic mass is 10.0. The van der Waals surface area contributed by atoms with Gasteiger partial charge in [-0.15, -0.1) is 0 Å². The Morgan fingerprint density at radius 1 is 0.348 bits per heavy atom. The maximum absolute atomic E-state index is 12.9. The lowest BCUT2D eigenvalue weighted by Gasteiger charge is -2.24. The molecule has 2 atom stereocenters. The predicted octanol–water partition coefficient (Wildman–Crippen LogP) is 25.6. The molecule has 1 N–H and O–H groups in total. The molecule has 0 radical (unpaired) electrons. The molecule has 0 aromatic rings. The maximum atomic E-state index is 12.9. The summed E-state index contributed by atoms with van der Waals surface area (Å²) in [5, 5.41) is 0. The summed E-state index contributed by atoms with van der Waals surface area (Å²) in [5.41, 5.74) is 0. The van der Waals surface area contributed by atoms with Crippen LogP contribution in [-0.4, -0.2) is 74.9 Å². The first-order valence-electron chi connectivity index (χ1n) is 38.6. The van der Waals surface area contributed by atoms with E-state index >= 15 is 0 Å². The van der Waals surface area contributed by atoms with E-state index in [4.69, 9.17) is 18.5 Å². The number of nitrogens with zero attached hydrogens (tertiary/aromatic N) is 1. The third kappa shape index (κ3) is 75.7. The standard InChI is InChI=1S/C82H146NO8P/c1-6-8-10-12-14-16-18-20-22-24-26-28-30-32-34-36-38-39-40-41-42-43-45-47-49-51-53-55-57-59-61-63-65-67-69-71-73-75-82(85)91-80(79-90-92(86,87)89-77-76-83(3,4)5)78-88-81(84)74-72-70-68-66-64-62-60-58-56-54-52-50-48-46-44-37-35-33-31-29-27-25-23-21-19-17-15-13-11-9-7-2/h8,10,14,16,20,22,25-28,32,34,38-39,41-42,45,47,80H,6-7,9,11-13,15,17-19,21,23-24,29-31,33,35-37,40,43-44,46,48-79H2,1-5H3/p+1/b10-8-,16-14-,22-20-,27-25-,28-26-,34-32-,39-38-,42-41-,47-45-. The largest absolute Gasteiger partial charge is 0.472 e. The van der Waals surface area contributed by atoms with Crippen LogP contribution in [0.4, 0.5) is 0 Å². The Hall–Kier alpha value is -3.33. The molecular weight excluding hydrogens is 1160 g/mol.